The Morgan fingerprint density at radius 3 is 2.14 bits per heavy atom. The summed E-state index contributed by atoms with van der Waals surface area (Å²) in [5, 5.41) is 14.5. The zero-order valence-electron chi connectivity index (χ0n) is 21.5. The van der Waals surface area contributed by atoms with Crippen LogP contribution in [0.2, 0.25) is 0 Å². The Morgan fingerprint density at radius 2 is 1.54 bits per heavy atom. The number of unbranched alkanes of at least 4 members (excludes halogenated alkanes) is 11. The first-order valence-electron chi connectivity index (χ1n) is 13.4. The molecule has 0 spiro atoms. The average Bonchev–Trinajstić information content (AvgIpc) is 3.34. The van der Waals surface area contributed by atoms with Crippen molar-refractivity contribution in [3.05, 3.63) is 30.4 Å². The fraction of sp³-hybridized carbons (Fsp3) is 0.704. The zero-order valence-corrected chi connectivity index (χ0v) is 21.5. The van der Waals surface area contributed by atoms with Crippen molar-refractivity contribution in [1.82, 2.24) is 20.6 Å². The number of aliphatic carboxylic acids is 1. The number of hydrogen-bond acceptors (Lipinski definition) is 4. The van der Waals surface area contributed by atoms with Crippen molar-refractivity contribution in [3.63, 3.8) is 0 Å². The summed E-state index contributed by atoms with van der Waals surface area (Å²) in [6, 6.07) is -1.03. The Kier molecular flexibility index (Phi) is 18.0. The predicted molar refractivity (Wildman–Crippen MR) is 139 cm³/mol. The Morgan fingerprint density at radius 1 is 0.914 bits per heavy atom. The van der Waals surface area contributed by atoms with Gasteiger partial charge in [0.1, 0.15) is 6.04 Å². The topological polar surface area (TPSA) is 124 Å². The summed E-state index contributed by atoms with van der Waals surface area (Å²) in [6.07, 6.45) is 24.1. The fourth-order valence-electron chi connectivity index (χ4n) is 3.84. The molecule has 35 heavy (non-hydrogen) atoms. The minimum absolute atomic E-state index is 0.0465. The molecular weight excluding hydrogens is 444 g/mol. The van der Waals surface area contributed by atoms with E-state index in [9.17, 15) is 19.5 Å². The molecule has 8 heteroatoms. The molecule has 0 radical (unpaired) electrons. The van der Waals surface area contributed by atoms with Gasteiger partial charge in [-0.05, 0) is 32.1 Å². The van der Waals surface area contributed by atoms with Gasteiger partial charge in [0.05, 0.1) is 6.33 Å². The Labute approximate surface area is 210 Å². The predicted octanol–water partition coefficient (Wildman–Crippen LogP) is 5.07. The highest BCUT2D eigenvalue weighted by molar-refractivity contribution is 5.84. The van der Waals surface area contributed by atoms with E-state index in [1.807, 2.05) is 0 Å². The SMILES string of the molecule is CCCCCCCC/C=C\CCCCCCCC(=O)NCCC(=O)NC(Cc1cnc[nH]1)C(=O)O. The number of allylic oxidation sites excluding steroid dienone is 2. The molecule has 1 heterocycles. The first-order valence-corrected chi connectivity index (χ1v) is 13.4. The van der Waals surface area contributed by atoms with E-state index in [4.69, 9.17) is 0 Å². The third-order valence-electron chi connectivity index (χ3n) is 5.95. The van der Waals surface area contributed by atoms with E-state index in [1.54, 1.807) is 0 Å². The van der Waals surface area contributed by atoms with Crippen LogP contribution in [0.15, 0.2) is 24.7 Å². The van der Waals surface area contributed by atoms with Gasteiger partial charge in [-0.25, -0.2) is 9.78 Å². The van der Waals surface area contributed by atoms with E-state index < -0.39 is 17.9 Å². The van der Waals surface area contributed by atoms with E-state index in [0.29, 0.717) is 12.1 Å². The smallest absolute Gasteiger partial charge is 0.326 e. The summed E-state index contributed by atoms with van der Waals surface area (Å²) in [5.74, 6) is -1.58. The van der Waals surface area contributed by atoms with E-state index in [-0.39, 0.29) is 25.3 Å². The van der Waals surface area contributed by atoms with Gasteiger partial charge in [-0.15, -0.1) is 0 Å². The lowest BCUT2D eigenvalue weighted by atomic mass is 10.1. The highest BCUT2D eigenvalue weighted by Gasteiger charge is 2.20. The van der Waals surface area contributed by atoms with Crippen molar-refractivity contribution in [2.24, 2.45) is 0 Å². The van der Waals surface area contributed by atoms with Gasteiger partial charge in [-0.3, -0.25) is 9.59 Å². The molecule has 0 aromatic carbocycles. The van der Waals surface area contributed by atoms with Gasteiger partial charge in [0, 0.05) is 37.7 Å². The Balaban J connectivity index is 1.95. The van der Waals surface area contributed by atoms with Gasteiger partial charge in [0.2, 0.25) is 11.8 Å². The summed E-state index contributed by atoms with van der Waals surface area (Å²) in [6.45, 7) is 2.45. The van der Waals surface area contributed by atoms with Crippen molar-refractivity contribution >= 4 is 17.8 Å². The van der Waals surface area contributed by atoms with Crippen LogP contribution in [0.4, 0.5) is 0 Å². The standard InChI is InChI=1S/C27H46N4O4/c1-2-3-4-5-6-7-8-9-10-11-12-13-14-15-16-17-25(32)29-19-18-26(33)31-24(27(34)35)20-23-21-28-22-30-23/h9-10,21-22,24H,2-8,11-20H2,1H3,(H,28,30)(H,29,32)(H,31,33)(H,34,35)/b10-9-. The number of carbonyl (C=O) groups is 3. The number of hydrogen-bond donors (Lipinski definition) is 4. The minimum Gasteiger partial charge on any atom is -0.480 e. The molecule has 8 nitrogen and oxygen atoms in total. The van der Waals surface area contributed by atoms with Crippen LogP contribution in [0, 0.1) is 0 Å². The van der Waals surface area contributed by atoms with E-state index in [0.717, 1.165) is 25.7 Å². The molecule has 2 amide bonds. The van der Waals surface area contributed by atoms with Crippen molar-refractivity contribution in [1.29, 1.82) is 0 Å². The lowest BCUT2D eigenvalue weighted by molar-refractivity contribution is -0.141. The van der Waals surface area contributed by atoms with Gasteiger partial charge >= 0.3 is 5.97 Å². The number of carbonyl (C=O) groups excluding carboxylic acids is 2. The number of aromatic amines is 1. The normalized spacial score (nSPS) is 12.0. The summed E-state index contributed by atoms with van der Waals surface area (Å²) >= 11 is 0. The van der Waals surface area contributed by atoms with Crippen LogP contribution in [0.5, 0.6) is 0 Å². The highest BCUT2D eigenvalue weighted by atomic mass is 16.4. The summed E-state index contributed by atoms with van der Waals surface area (Å²) < 4.78 is 0. The van der Waals surface area contributed by atoms with Gasteiger partial charge in [0.15, 0.2) is 0 Å². The Hall–Kier alpha value is -2.64. The fourth-order valence-corrected chi connectivity index (χ4v) is 3.84. The summed E-state index contributed by atoms with van der Waals surface area (Å²) in [7, 11) is 0. The molecule has 0 aliphatic carbocycles. The molecular formula is C27H46N4O4. The largest absolute Gasteiger partial charge is 0.480 e. The molecule has 0 fully saturated rings. The second-order valence-corrected chi connectivity index (χ2v) is 9.17. The molecule has 1 aromatic heterocycles. The lowest BCUT2D eigenvalue weighted by Crippen LogP contribution is -2.43. The molecule has 198 valence electrons. The number of amides is 2. The number of nitrogens with zero attached hydrogens (tertiary/aromatic N) is 1. The van der Waals surface area contributed by atoms with Crippen LogP contribution < -0.4 is 10.6 Å². The number of nitrogens with one attached hydrogen (secondary N) is 3. The van der Waals surface area contributed by atoms with Crippen molar-refractivity contribution in [2.45, 2.75) is 116 Å². The van der Waals surface area contributed by atoms with Gasteiger partial charge in [-0.2, -0.15) is 0 Å². The molecule has 1 unspecified atom stereocenters. The van der Waals surface area contributed by atoms with Crippen molar-refractivity contribution in [2.75, 3.05) is 6.54 Å². The third-order valence-corrected chi connectivity index (χ3v) is 5.95. The molecule has 0 aliphatic rings. The zero-order chi connectivity index (χ0) is 25.6. The maximum Gasteiger partial charge on any atom is 0.326 e. The van der Waals surface area contributed by atoms with Crippen LogP contribution in [0.25, 0.3) is 0 Å². The number of H-pyrrole nitrogens is 1. The average molecular weight is 491 g/mol. The van der Waals surface area contributed by atoms with Crippen LogP contribution in [-0.4, -0.2) is 45.4 Å². The molecule has 1 rings (SSSR count). The number of imidazole rings is 1. The van der Waals surface area contributed by atoms with Gasteiger partial charge in [0.25, 0.3) is 0 Å². The molecule has 1 atom stereocenters. The van der Waals surface area contributed by atoms with Crippen molar-refractivity contribution in [3.8, 4) is 0 Å². The first kappa shape index (κ1) is 30.4. The second kappa shape index (κ2) is 20.7. The molecule has 0 bridgehead atoms. The van der Waals surface area contributed by atoms with E-state index in [1.165, 1.54) is 70.3 Å². The maximum absolute atomic E-state index is 12.0. The van der Waals surface area contributed by atoms with Gasteiger partial charge in [-0.1, -0.05) is 70.4 Å². The number of aromatic nitrogens is 2. The summed E-state index contributed by atoms with van der Waals surface area (Å²) in [4.78, 5) is 42.0. The van der Waals surface area contributed by atoms with Crippen molar-refractivity contribution < 1.29 is 19.5 Å². The molecule has 0 aliphatic heterocycles. The van der Waals surface area contributed by atoms with E-state index >= 15 is 0 Å². The Bertz CT molecular complexity index is 719. The summed E-state index contributed by atoms with van der Waals surface area (Å²) in [5.41, 5.74) is 0.631. The molecule has 0 saturated heterocycles. The minimum atomic E-state index is -1.11. The molecule has 4 N–H and O–H groups in total. The van der Waals surface area contributed by atoms with E-state index in [2.05, 4.69) is 39.7 Å². The van der Waals surface area contributed by atoms with Gasteiger partial charge < -0.3 is 20.7 Å². The lowest BCUT2D eigenvalue weighted by Gasteiger charge is -2.13. The third kappa shape index (κ3) is 17.4. The maximum atomic E-state index is 12.0. The van der Waals surface area contributed by atoms with Crippen LogP contribution in [-0.2, 0) is 20.8 Å². The number of rotatable bonds is 22. The molecule has 1 aromatic rings. The number of carboxylic acid groups (broad SMARTS) is 1. The quantitative estimate of drug-likeness (QED) is 0.133. The number of carboxylic acids is 1. The van der Waals surface area contributed by atoms with Crippen LogP contribution >= 0.6 is 0 Å². The second-order valence-electron chi connectivity index (χ2n) is 9.17. The highest BCUT2D eigenvalue weighted by Crippen LogP contribution is 2.10. The first-order chi connectivity index (χ1) is 17.0. The molecule has 0 saturated carbocycles. The van der Waals surface area contributed by atoms with Crippen LogP contribution in [0.1, 0.15) is 109 Å². The van der Waals surface area contributed by atoms with Crippen LogP contribution in [0.3, 0.4) is 0 Å². The monoisotopic (exact) mass is 490 g/mol.